The molecule has 1 N–H and O–H groups in total. The van der Waals surface area contributed by atoms with Crippen molar-refractivity contribution in [2.45, 2.75) is 27.4 Å². The average Bonchev–Trinajstić information content (AvgIpc) is 2.99. The average molecular weight is 293 g/mol. The lowest BCUT2D eigenvalue weighted by atomic mass is 10.1. The first-order valence-corrected chi connectivity index (χ1v) is 6.17. The Labute approximate surface area is 120 Å². The normalized spacial score (nSPS) is 10.5. The van der Waals surface area contributed by atoms with Crippen LogP contribution in [0.15, 0.2) is 4.42 Å². The highest BCUT2D eigenvalue weighted by Gasteiger charge is 2.23. The van der Waals surface area contributed by atoms with E-state index in [0.29, 0.717) is 22.7 Å². The minimum Gasteiger partial charge on any atom is -0.465 e. The Morgan fingerprint density at radius 1 is 1.19 bits per heavy atom. The third-order valence-corrected chi connectivity index (χ3v) is 2.93. The smallest absolute Gasteiger partial charge is 0.355 e. The first-order chi connectivity index (χ1) is 9.93. The molecule has 8 heteroatoms. The van der Waals surface area contributed by atoms with Gasteiger partial charge < -0.3 is 18.9 Å². The molecule has 0 saturated carbocycles. The molecule has 8 nitrogen and oxygen atoms in total. The lowest BCUT2D eigenvalue weighted by Gasteiger charge is -2.02. The molecule has 0 spiro atoms. The standard InChI is InChI=1S/C13H15N3O5/c1-6-10(12(17)19-4)7(2)14-11(6)13(18)20-5-9-16-15-8(3)21-9/h14H,5H2,1-4H3. The molecule has 0 aliphatic rings. The number of nitrogens with zero attached hydrogens (tertiary/aromatic N) is 2. The molecule has 112 valence electrons. The van der Waals surface area contributed by atoms with E-state index in [9.17, 15) is 9.59 Å². The molecular formula is C13H15N3O5. The van der Waals surface area contributed by atoms with E-state index in [-0.39, 0.29) is 18.2 Å². The van der Waals surface area contributed by atoms with Gasteiger partial charge in [-0.15, -0.1) is 10.2 Å². The van der Waals surface area contributed by atoms with Crippen LogP contribution in [-0.2, 0) is 16.1 Å². The highest BCUT2D eigenvalue weighted by molar-refractivity contribution is 5.98. The summed E-state index contributed by atoms with van der Waals surface area (Å²) in [5, 5.41) is 7.35. The van der Waals surface area contributed by atoms with Gasteiger partial charge in [-0.2, -0.15) is 0 Å². The number of aromatic nitrogens is 3. The summed E-state index contributed by atoms with van der Waals surface area (Å²) in [4.78, 5) is 26.5. The van der Waals surface area contributed by atoms with Gasteiger partial charge in [0.05, 0.1) is 12.7 Å². The van der Waals surface area contributed by atoms with Gasteiger partial charge in [-0.3, -0.25) is 0 Å². The second kappa shape index (κ2) is 5.78. The number of esters is 2. The third-order valence-electron chi connectivity index (χ3n) is 2.93. The summed E-state index contributed by atoms with van der Waals surface area (Å²) in [5.74, 6) is -0.523. The Bertz CT molecular complexity index is 686. The number of H-pyrrole nitrogens is 1. The molecule has 0 aliphatic heterocycles. The number of carbonyl (C=O) groups is 2. The number of rotatable bonds is 4. The molecule has 0 bridgehead atoms. The fourth-order valence-corrected chi connectivity index (χ4v) is 1.96. The first kappa shape index (κ1) is 14.8. The largest absolute Gasteiger partial charge is 0.465 e. The van der Waals surface area contributed by atoms with E-state index in [2.05, 4.69) is 19.9 Å². The van der Waals surface area contributed by atoms with Crippen LogP contribution in [0, 0.1) is 20.8 Å². The van der Waals surface area contributed by atoms with Gasteiger partial charge in [-0.1, -0.05) is 0 Å². The van der Waals surface area contributed by atoms with Gasteiger partial charge in [0.1, 0.15) is 5.69 Å². The predicted molar refractivity (Wildman–Crippen MR) is 69.8 cm³/mol. The first-order valence-electron chi connectivity index (χ1n) is 6.17. The van der Waals surface area contributed by atoms with Crippen LogP contribution in [0.3, 0.4) is 0 Å². The van der Waals surface area contributed by atoms with Crippen LogP contribution in [0.5, 0.6) is 0 Å². The Hall–Kier alpha value is -2.64. The van der Waals surface area contributed by atoms with Gasteiger partial charge in [0.15, 0.2) is 6.61 Å². The quantitative estimate of drug-likeness (QED) is 0.850. The van der Waals surface area contributed by atoms with Crippen molar-refractivity contribution in [1.29, 1.82) is 0 Å². The number of aromatic amines is 1. The summed E-state index contributed by atoms with van der Waals surface area (Å²) in [6.45, 7) is 4.82. The van der Waals surface area contributed by atoms with Crippen molar-refractivity contribution in [3.05, 3.63) is 34.3 Å². The maximum atomic E-state index is 12.0. The van der Waals surface area contributed by atoms with Crippen molar-refractivity contribution in [3.8, 4) is 0 Å². The van der Waals surface area contributed by atoms with Crippen molar-refractivity contribution in [3.63, 3.8) is 0 Å². The molecule has 2 aromatic heterocycles. The van der Waals surface area contributed by atoms with Crippen molar-refractivity contribution >= 4 is 11.9 Å². The molecule has 0 radical (unpaired) electrons. The Kier molecular flexibility index (Phi) is 4.06. The van der Waals surface area contributed by atoms with E-state index in [4.69, 9.17) is 9.15 Å². The van der Waals surface area contributed by atoms with Gasteiger partial charge in [-0.05, 0) is 19.4 Å². The minimum absolute atomic E-state index is 0.134. The minimum atomic E-state index is -0.610. The number of aryl methyl sites for hydroxylation is 2. The maximum absolute atomic E-state index is 12.0. The predicted octanol–water partition coefficient (Wildman–Crippen LogP) is 1.47. The van der Waals surface area contributed by atoms with Crippen LogP contribution in [0.25, 0.3) is 0 Å². The lowest BCUT2D eigenvalue weighted by molar-refractivity contribution is 0.0429. The van der Waals surface area contributed by atoms with E-state index in [0.717, 1.165) is 0 Å². The monoisotopic (exact) mass is 293 g/mol. The summed E-state index contributed by atoms with van der Waals surface area (Å²) < 4.78 is 14.9. The topological polar surface area (TPSA) is 107 Å². The SMILES string of the molecule is COC(=O)c1c(C)[nH]c(C(=O)OCc2nnc(C)o2)c1C. The molecule has 0 aromatic carbocycles. The van der Waals surface area contributed by atoms with Crippen molar-refractivity contribution < 1.29 is 23.5 Å². The Morgan fingerprint density at radius 3 is 2.48 bits per heavy atom. The summed E-state index contributed by atoms with van der Waals surface area (Å²) in [5.41, 5.74) is 1.55. The Balaban J connectivity index is 2.14. The summed E-state index contributed by atoms with van der Waals surface area (Å²) >= 11 is 0. The van der Waals surface area contributed by atoms with Crippen molar-refractivity contribution in [1.82, 2.24) is 15.2 Å². The highest BCUT2D eigenvalue weighted by atomic mass is 16.5. The molecule has 0 unspecified atom stereocenters. The van der Waals surface area contributed by atoms with Crippen LogP contribution >= 0.6 is 0 Å². The van der Waals surface area contributed by atoms with E-state index < -0.39 is 11.9 Å². The van der Waals surface area contributed by atoms with Crippen LogP contribution < -0.4 is 0 Å². The molecule has 2 rings (SSSR count). The summed E-state index contributed by atoms with van der Waals surface area (Å²) in [7, 11) is 1.28. The zero-order valence-electron chi connectivity index (χ0n) is 12.1. The number of nitrogens with one attached hydrogen (secondary N) is 1. The molecule has 2 aromatic rings. The number of hydrogen-bond acceptors (Lipinski definition) is 7. The van der Waals surface area contributed by atoms with Gasteiger partial charge in [0.2, 0.25) is 5.89 Å². The fraction of sp³-hybridized carbons (Fsp3) is 0.385. The Morgan fingerprint density at radius 2 is 1.90 bits per heavy atom. The second-order valence-corrected chi connectivity index (χ2v) is 4.41. The lowest BCUT2D eigenvalue weighted by Crippen LogP contribution is -2.08. The second-order valence-electron chi connectivity index (χ2n) is 4.41. The maximum Gasteiger partial charge on any atom is 0.355 e. The molecule has 0 amide bonds. The summed E-state index contributed by atoms with van der Waals surface area (Å²) in [6.07, 6.45) is 0. The van der Waals surface area contributed by atoms with E-state index in [1.807, 2.05) is 0 Å². The van der Waals surface area contributed by atoms with Gasteiger partial charge in [-0.25, -0.2) is 9.59 Å². The highest BCUT2D eigenvalue weighted by Crippen LogP contribution is 2.19. The van der Waals surface area contributed by atoms with Crippen LogP contribution in [0.2, 0.25) is 0 Å². The van der Waals surface area contributed by atoms with E-state index >= 15 is 0 Å². The molecule has 0 atom stereocenters. The molecule has 2 heterocycles. The van der Waals surface area contributed by atoms with Crippen LogP contribution in [0.1, 0.15) is 43.9 Å². The van der Waals surface area contributed by atoms with E-state index in [1.54, 1.807) is 20.8 Å². The number of carbonyl (C=O) groups excluding carboxylic acids is 2. The number of ether oxygens (including phenoxy) is 2. The summed E-state index contributed by atoms with van der Waals surface area (Å²) in [6, 6.07) is 0. The van der Waals surface area contributed by atoms with Crippen molar-refractivity contribution in [2.75, 3.05) is 7.11 Å². The van der Waals surface area contributed by atoms with Gasteiger partial charge in [0, 0.05) is 12.6 Å². The van der Waals surface area contributed by atoms with Crippen LogP contribution in [-0.4, -0.2) is 34.2 Å². The van der Waals surface area contributed by atoms with Gasteiger partial charge >= 0.3 is 11.9 Å². The molecule has 0 aliphatic carbocycles. The molecule has 21 heavy (non-hydrogen) atoms. The van der Waals surface area contributed by atoms with Crippen LogP contribution in [0.4, 0.5) is 0 Å². The zero-order valence-corrected chi connectivity index (χ0v) is 12.1. The van der Waals surface area contributed by atoms with E-state index in [1.165, 1.54) is 7.11 Å². The number of hydrogen-bond donors (Lipinski definition) is 1. The third kappa shape index (κ3) is 2.93. The zero-order chi connectivity index (χ0) is 15.6. The fourth-order valence-electron chi connectivity index (χ4n) is 1.96. The van der Waals surface area contributed by atoms with Gasteiger partial charge in [0.25, 0.3) is 5.89 Å². The molecular weight excluding hydrogens is 278 g/mol. The molecule has 0 fully saturated rings. The van der Waals surface area contributed by atoms with Crippen molar-refractivity contribution in [2.24, 2.45) is 0 Å². The number of methoxy groups -OCH3 is 1. The molecule has 0 saturated heterocycles.